The lowest BCUT2D eigenvalue weighted by atomic mass is 9.98. The van der Waals surface area contributed by atoms with Gasteiger partial charge in [0.25, 0.3) is 5.91 Å². The van der Waals surface area contributed by atoms with Gasteiger partial charge in [0.15, 0.2) is 5.82 Å². The Morgan fingerprint density at radius 3 is 3.16 bits per heavy atom. The number of aromatic nitrogens is 2. The highest BCUT2D eigenvalue weighted by Crippen LogP contribution is 2.23. The number of fused-ring (bicyclic) bond motifs is 1. The molecule has 19 heavy (non-hydrogen) atoms. The fraction of sp³-hybridized carbons (Fsp3) is 0.308. The molecule has 0 atom stereocenters. The molecule has 1 aromatic carbocycles. The lowest BCUT2D eigenvalue weighted by Crippen LogP contribution is -2.32. The van der Waals surface area contributed by atoms with Crippen molar-refractivity contribution < 1.29 is 9.32 Å². The summed E-state index contributed by atoms with van der Waals surface area (Å²) in [6.07, 6.45) is 0.826. The van der Waals surface area contributed by atoms with Crippen LogP contribution in [0.25, 0.3) is 0 Å². The first-order chi connectivity index (χ1) is 9.24. The largest absolute Gasteiger partial charge is 0.376 e. The van der Waals surface area contributed by atoms with Gasteiger partial charge in [-0.1, -0.05) is 11.2 Å². The molecule has 1 aliphatic rings. The number of anilines is 1. The maximum absolute atomic E-state index is 11.7. The van der Waals surface area contributed by atoms with Crippen LogP contribution >= 0.6 is 0 Å². The zero-order chi connectivity index (χ0) is 13.2. The Morgan fingerprint density at radius 2 is 2.37 bits per heavy atom. The van der Waals surface area contributed by atoms with Gasteiger partial charge in [0, 0.05) is 17.8 Å². The molecule has 0 saturated heterocycles. The molecule has 1 aromatic heterocycles. The van der Waals surface area contributed by atoms with Gasteiger partial charge in [-0.25, -0.2) is 0 Å². The zero-order valence-corrected chi connectivity index (χ0v) is 10.6. The number of nitrogens with zero attached hydrogens (tertiary/aromatic N) is 2. The van der Waals surface area contributed by atoms with Crippen molar-refractivity contribution in [3.63, 3.8) is 0 Å². The number of aryl methyl sites for hydroxylation is 1. The average molecular weight is 258 g/mol. The van der Waals surface area contributed by atoms with E-state index in [1.165, 1.54) is 0 Å². The fourth-order valence-corrected chi connectivity index (χ4v) is 2.21. The molecule has 1 aliphatic heterocycles. The van der Waals surface area contributed by atoms with Crippen LogP contribution in [0.3, 0.4) is 0 Å². The van der Waals surface area contributed by atoms with Crippen LogP contribution in [-0.4, -0.2) is 22.6 Å². The highest BCUT2D eigenvalue weighted by Gasteiger charge is 2.19. The van der Waals surface area contributed by atoms with Crippen LogP contribution < -0.4 is 10.6 Å². The lowest BCUT2D eigenvalue weighted by Gasteiger charge is -2.19. The second kappa shape index (κ2) is 4.72. The summed E-state index contributed by atoms with van der Waals surface area (Å²) in [6.45, 7) is 2.91. The minimum atomic E-state index is -0.0152. The number of rotatable bonds is 3. The quantitative estimate of drug-likeness (QED) is 0.866. The molecule has 1 amide bonds. The first-order valence-electron chi connectivity index (χ1n) is 6.17. The predicted molar refractivity (Wildman–Crippen MR) is 68.8 cm³/mol. The Balaban J connectivity index is 1.81. The number of carbonyl (C=O) groups excluding carboxylic acids is 1. The molecule has 98 valence electrons. The highest BCUT2D eigenvalue weighted by molar-refractivity contribution is 5.98. The van der Waals surface area contributed by atoms with Crippen LogP contribution in [0.1, 0.15) is 27.6 Å². The number of amides is 1. The van der Waals surface area contributed by atoms with E-state index in [4.69, 9.17) is 4.52 Å². The zero-order valence-electron chi connectivity index (χ0n) is 10.6. The summed E-state index contributed by atoms with van der Waals surface area (Å²) in [7, 11) is 0. The molecule has 2 aromatic rings. The van der Waals surface area contributed by atoms with Crippen molar-refractivity contribution in [1.82, 2.24) is 15.5 Å². The molecule has 6 nitrogen and oxygen atoms in total. The third-order valence-corrected chi connectivity index (χ3v) is 3.08. The number of benzene rings is 1. The van der Waals surface area contributed by atoms with Gasteiger partial charge >= 0.3 is 0 Å². The number of hydrogen-bond donors (Lipinski definition) is 2. The molecule has 0 fully saturated rings. The fourth-order valence-electron chi connectivity index (χ4n) is 2.21. The van der Waals surface area contributed by atoms with Gasteiger partial charge in [0.1, 0.15) is 0 Å². The van der Waals surface area contributed by atoms with Crippen LogP contribution in [0, 0.1) is 6.92 Å². The number of nitrogens with one attached hydrogen (secondary N) is 2. The van der Waals surface area contributed by atoms with Crippen LogP contribution in [0.2, 0.25) is 0 Å². The summed E-state index contributed by atoms with van der Waals surface area (Å²) in [5, 5.41) is 9.82. The Morgan fingerprint density at radius 1 is 1.47 bits per heavy atom. The van der Waals surface area contributed by atoms with E-state index in [0.29, 0.717) is 24.8 Å². The van der Waals surface area contributed by atoms with E-state index in [9.17, 15) is 4.79 Å². The van der Waals surface area contributed by atoms with Crippen molar-refractivity contribution in [1.29, 1.82) is 0 Å². The molecule has 0 bridgehead atoms. The molecule has 2 N–H and O–H groups in total. The normalized spacial score (nSPS) is 13.8. The molecule has 0 radical (unpaired) electrons. The molecule has 0 saturated carbocycles. The van der Waals surface area contributed by atoms with E-state index in [1.807, 2.05) is 18.2 Å². The Labute approximate surface area is 110 Å². The van der Waals surface area contributed by atoms with Gasteiger partial charge in [-0.2, -0.15) is 4.98 Å². The standard InChI is InChI=1S/C13H14N4O2/c1-8-16-12(19-17-8)7-15-11-4-2-3-10-9(11)5-6-14-13(10)18/h2-4,15H,5-7H2,1H3,(H,14,18). The Hall–Kier alpha value is -2.37. The van der Waals surface area contributed by atoms with Gasteiger partial charge in [0.05, 0.1) is 6.54 Å². The summed E-state index contributed by atoms with van der Waals surface area (Å²) in [5.41, 5.74) is 2.73. The predicted octanol–water partition coefficient (Wildman–Crippen LogP) is 1.28. The van der Waals surface area contributed by atoms with E-state index >= 15 is 0 Å². The van der Waals surface area contributed by atoms with Crippen molar-refractivity contribution in [2.75, 3.05) is 11.9 Å². The second-order valence-electron chi connectivity index (χ2n) is 4.43. The maximum atomic E-state index is 11.7. The second-order valence-corrected chi connectivity index (χ2v) is 4.43. The van der Waals surface area contributed by atoms with E-state index < -0.39 is 0 Å². The average Bonchev–Trinajstić information content (AvgIpc) is 2.83. The molecule has 3 rings (SSSR count). The van der Waals surface area contributed by atoms with E-state index in [2.05, 4.69) is 20.8 Å². The molecular weight excluding hydrogens is 244 g/mol. The van der Waals surface area contributed by atoms with Gasteiger partial charge in [-0.15, -0.1) is 0 Å². The van der Waals surface area contributed by atoms with Crippen molar-refractivity contribution in [3.05, 3.63) is 41.0 Å². The van der Waals surface area contributed by atoms with Gasteiger partial charge in [0.2, 0.25) is 5.89 Å². The topological polar surface area (TPSA) is 80.0 Å². The van der Waals surface area contributed by atoms with Gasteiger partial charge in [-0.05, 0) is 31.0 Å². The first-order valence-corrected chi connectivity index (χ1v) is 6.17. The maximum Gasteiger partial charge on any atom is 0.251 e. The molecule has 0 aliphatic carbocycles. The van der Waals surface area contributed by atoms with E-state index in [1.54, 1.807) is 6.92 Å². The Kier molecular flexibility index (Phi) is 2.91. The van der Waals surface area contributed by atoms with E-state index in [0.717, 1.165) is 23.2 Å². The highest BCUT2D eigenvalue weighted by atomic mass is 16.5. The van der Waals surface area contributed by atoms with Crippen LogP contribution in [0.15, 0.2) is 22.7 Å². The molecule has 0 unspecified atom stereocenters. The summed E-state index contributed by atoms with van der Waals surface area (Å²) < 4.78 is 5.05. The molecular formula is C13H14N4O2. The molecule has 6 heteroatoms. The molecule has 2 heterocycles. The summed E-state index contributed by atoms with van der Waals surface area (Å²) in [6, 6.07) is 5.66. The van der Waals surface area contributed by atoms with Gasteiger partial charge in [-0.3, -0.25) is 4.79 Å². The van der Waals surface area contributed by atoms with E-state index in [-0.39, 0.29) is 5.91 Å². The minimum Gasteiger partial charge on any atom is -0.376 e. The SMILES string of the molecule is Cc1noc(CNc2cccc3c2CCNC3=O)n1. The van der Waals surface area contributed by atoms with Crippen LogP contribution in [-0.2, 0) is 13.0 Å². The smallest absolute Gasteiger partial charge is 0.251 e. The third-order valence-electron chi connectivity index (χ3n) is 3.08. The van der Waals surface area contributed by atoms with Crippen molar-refractivity contribution in [2.24, 2.45) is 0 Å². The number of carbonyl (C=O) groups is 1. The Bertz CT molecular complexity index is 621. The molecule has 0 spiro atoms. The van der Waals surface area contributed by atoms with Crippen LogP contribution in [0.4, 0.5) is 5.69 Å². The summed E-state index contributed by atoms with van der Waals surface area (Å²) >= 11 is 0. The monoisotopic (exact) mass is 258 g/mol. The summed E-state index contributed by atoms with van der Waals surface area (Å²) in [5.74, 6) is 1.14. The van der Waals surface area contributed by atoms with Crippen LogP contribution in [0.5, 0.6) is 0 Å². The lowest BCUT2D eigenvalue weighted by molar-refractivity contribution is 0.0946. The van der Waals surface area contributed by atoms with Crippen molar-refractivity contribution >= 4 is 11.6 Å². The first kappa shape index (κ1) is 11.7. The van der Waals surface area contributed by atoms with Crippen molar-refractivity contribution in [2.45, 2.75) is 19.9 Å². The summed E-state index contributed by atoms with van der Waals surface area (Å²) in [4.78, 5) is 15.9. The minimum absolute atomic E-state index is 0.0152. The third kappa shape index (κ3) is 2.29. The number of hydrogen-bond acceptors (Lipinski definition) is 5. The van der Waals surface area contributed by atoms with Crippen molar-refractivity contribution in [3.8, 4) is 0 Å². The van der Waals surface area contributed by atoms with Gasteiger partial charge < -0.3 is 15.2 Å².